The second kappa shape index (κ2) is 5.93. The molecule has 0 unspecified atom stereocenters. The second-order valence-electron chi connectivity index (χ2n) is 5.65. The average molecular weight is 309 g/mol. The van der Waals surface area contributed by atoms with Gasteiger partial charge in [0.1, 0.15) is 5.01 Å². The molecule has 0 fully saturated rings. The van der Waals surface area contributed by atoms with E-state index in [2.05, 4.69) is 41.8 Å². The number of thiazole rings is 1. The normalized spacial score (nSPS) is 11.4. The number of carbonyl (C=O) groups is 1. The summed E-state index contributed by atoms with van der Waals surface area (Å²) in [5.41, 5.74) is 3.05. The maximum Gasteiger partial charge on any atom is 0.319 e. The van der Waals surface area contributed by atoms with Crippen LogP contribution in [-0.4, -0.2) is 11.0 Å². The molecule has 2 rings (SSSR count). The van der Waals surface area contributed by atoms with E-state index >= 15 is 0 Å². The van der Waals surface area contributed by atoms with Crippen molar-refractivity contribution in [1.29, 1.82) is 0 Å². The van der Waals surface area contributed by atoms with Gasteiger partial charge >= 0.3 is 6.03 Å². The molecule has 0 saturated heterocycles. The number of rotatable bonds is 3. The van der Waals surface area contributed by atoms with Gasteiger partial charge < -0.3 is 10.6 Å². The third-order valence-electron chi connectivity index (χ3n) is 2.82. The van der Waals surface area contributed by atoms with Crippen LogP contribution in [0, 0.1) is 6.92 Å². The number of urea groups is 1. The summed E-state index contributed by atoms with van der Waals surface area (Å²) in [6.07, 6.45) is 0. The van der Waals surface area contributed by atoms with Crippen molar-refractivity contribution in [2.24, 2.45) is 0 Å². The lowest BCUT2D eigenvalue weighted by Gasteiger charge is -2.14. The summed E-state index contributed by atoms with van der Waals surface area (Å²) in [6.45, 7) is 8.82. The van der Waals surface area contributed by atoms with Crippen LogP contribution in [0.4, 0.5) is 10.5 Å². The van der Waals surface area contributed by atoms with Crippen molar-refractivity contribution in [1.82, 2.24) is 10.3 Å². The molecule has 0 spiro atoms. The number of aromatic nitrogens is 1. The Morgan fingerprint density at radius 3 is 2.60 bits per heavy atom. The van der Waals surface area contributed by atoms with Gasteiger partial charge in [0.05, 0.1) is 17.9 Å². The van der Waals surface area contributed by atoms with E-state index in [1.165, 1.54) is 0 Å². The molecule has 6 heteroatoms. The fourth-order valence-electron chi connectivity index (χ4n) is 1.55. The summed E-state index contributed by atoms with van der Waals surface area (Å²) >= 11 is 3.15. The maximum absolute atomic E-state index is 11.8. The zero-order valence-corrected chi connectivity index (χ0v) is 13.7. The van der Waals surface area contributed by atoms with Crippen LogP contribution in [0.2, 0.25) is 0 Å². The molecule has 0 aliphatic heterocycles. The van der Waals surface area contributed by atoms with Gasteiger partial charge in [-0.1, -0.05) is 20.8 Å². The number of carbonyl (C=O) groups excluding carboxylic acids is 1. The molecular formula is C14H19N3OS2. The number of hydrogen-bond acceptors (Lipinski definition) is 4. The molecule has 0 radical (unpaired) electrons. The Kier molecular flexibility index (Phi) is 4.45. The minimum atomic E-state index is -0.195. The lowest BCUT2D eigenvalue weighted by molar-refractivity contribution is 0.251. The SMILES string of the molecule is Cc1cscc1NC(=O)NCc1nc(C(C)(C)C)cs1. The third-order valence-corrected chi connectivity index (χ3v) is 4.53. The fourth-order valence-corrected chi connectivity index (χ4v) is 3.29. The molecule has 0 saturated carbocycles. The number of hydrogen-bond donors (Lipinski definition) is 2. The molecule has 0 aliphatic carbocycles. The zero-order chi connectivity index (χ0) is 14.8. The highest BCUT2D eigenvalue weighted by Gasteiger charge is 2.17. The van der Waals surface area contributed by atoms with E-state index in [0.717, 1.165) is 22.0 Å². The summed E-state index contributed by atoms with van der Waals surface area (Å²) < 4.78 is 0. The van der Waals surface area contributed by atoms with Crippen LogP contribution >= 0.6 is 22.7 Å². The minimum Gasteiger partial charge on any atom is -0.331 e. The molecule has 0 atom stereocenters. The van der Waals surface area contributed by atoms with Gasteiger partial charge in [-0.25, -0.2) is 9.78 Å². The number of nitrogens with zero attached hydrogens (tertiary/aromatic N) is 1. The Balaban J connectivity index is 1.88. The minimum absolute atomic E-state index is 0.0464. The van der Waals surface area contributed by atoms with Gasteiger partial charge in [0.2, 0.25) is 0 Å². The molecule has 2 aromatic heterocycles. The topological polar surface area (TPSA) is 54.0 Å². The van der Waals surface area contributed by atoms with E-state index in [-0.39, 0.29) is 11.4 Å². The van der Waals surface area contributed by atoms with Crippen LogP contribution in [0.3, 0.4) is 0 Å². The van der Waals surface area contributed by atoms with Gasteiger partial charge in [-0.05, 0) is 17.9 Å². The standard InChI is InChI=1S/C14H19N3OS2/c1-9-6-19-7-10(9)16-13(18)15-5-12-17-11(8-20-12)14(2,3)4/h6-8H,5H2,1-4H3,(H2,15,16,18). The molecule has 2 N–H and O–H groups in total. The zero-order valence-electron chi connectivity index (χ0n) is 12.1. The van der Waals surface area contributed by atoms with Crippen molar-refractivity contribution < 1.29 is 4.79 Å². The van der Waals surface area contributed by atoms with Crippen LogP contribution in [0.5, 0.6) is 0 Å². The monoisotopic (exact) mass is 309 g/mol. The number of aryl methyl sites for hydroxylation is 1. The first kappa shape index (κ1) is 15.0. The van der Waals surface area contributed by atoms with Gasteiger partial charge in [0.15, 0.2) is 0 Å². The summed E-state index contributed by atoms with van der Waals surface area (Å²) in [6, 6.07) is -0.195. The van der Waals surface area contributed by atoms with Crippen LogP contribution in [0.15, 0.2) is 16.1 Å². The fraction of sp³-hybridized carbons (Fsp3) is 0.429. The Labute approximate surface area is 127 Å². The first-order valence-corrected chi connectivity index (χ1v) is 8.21. The number of nitrogens with one attached hydrogen (secondary N) is 2. The van der Waals surface area contributed by atoms with Gasteiger partial charge in [0, 0.05) is 16.2 Å². The van der Waals surface area contributed by atoms with E-state index < -0.39 is 0 Å². The number of anilines is 1. The molecule has 2 amide bonds. The van der Waals surface area contributed by atoms with Crippen molar-refractivity contribution in [2.45, 2.75) is 39.7 Å². The molecule has 2 aromatic rings. The van der Waals surface area contributed by atoms with Crippen molar-refractivity contribution in [3.8, 4) is 0 Å². The quantitative estimate of drug-likeness (QED) is 0.895. The smallest absolute Gasteiger partial charge is 0.319 e. The Morgan fingerprint density at radius 2 is 2.05 bits per heavy atom. The summed E-state index contributed by atoms with van der Waals surface area (Å²) in [5, 5.41) is 12.6. The van der Waals surface area contributed by atoms with E-state index in [1.54, 1.807) is 22.7 Å². The maximum atomic E-state index is 11.8. The molecule has 108 valence electrons. The van der Waals surface area contributed by atoms with Crippen LogP contribution < -0.4 is 10.6 Å². The average Bonchev–Trinajstić information content (AvgIpc) is 2.96. The van der Waals surface area contributed by atoms with Crippen LogP contribution in [0.1, 0.15) is 37.0 Å². The molecule has 2 heterocycles. The first-order chi connectivity index (χ1) is 9.36. The van der Waals surface area contributed by atoms with Crippen molar-refractivity contribution in [3.05, 3.63) is 32.4 Å². The Hall–Kier alpha value is -1.40. The number of thiophene rings is 1. The third kappa shape index (κ3) is 3.80. The van der Waals surface area contributed by atoms with Gasteiger partial charge in [-0.3, -0.25) is 0 Å². The van der Waals surface area contributed by atoms with Crippen LogP contribution in [0.25, 0.3) is 0 Å². The van der Waals surface area contributed by atoms with Gasteiger partial charge in [0.25, 0.3) is 0 Å². The largest absolute Gasteiger partial charge is 0.331 e. The molecule has 0 bridgehead atoms. The second-order valence-corrected chi connectivity index (χ2v) is 7.34. The van der Waals surface area contributed by atoms with Gasteiger partial charge in [-0.2, -0.15) is 0 Å². The highest BCUT2D eigenvalue weighted by molar-refractivity contribution is 7.09. The molecule has 20 heavy (non-hydrogen) atoms. The molecule has 4 nitrogen and oxygen atoms in total. The predicted molar refractivity (Wildman–Crippen MR) is 85.7 cm³/mol. The van der Waals surface area contributed by atoms with Crippen LogP contribution in [-0.2, 0) is 12.0 Å². The lowest BCUT2D eigenvalue weighted by Crippen LogP contribution is -2.28. The van der Waals surface area contributed by atoms with E-state index in [9.17, 15) is 4.79 Å². The Morgan fingerprint density at radius 1 is 1.30 bits per heavy atom. The predicted octanol–water partition coefficient (Wildman–Crippen LogP) is 4.13. The van der Waals surface area contributed by atoms with E-state index in [0.29, 0.717) is 6.54 Å². The molecule has 0 aromatic carbocycles. The summed E-state index contributed by atoms with van der Waals surface area (Å²) in [5.74, 6) is 0. The Bertz CT molecular complexity index is 596. The first-order valence-electron chi connectivity index (χ1n) is 6.39. The molecular weight excluding hydrogens is 290 g/mol. The van der Waals surface area contributed by atoms with E-state index in [1.807, 2.05) is 17.7 Å². The lowest BCUT2D eigenvalue weighted by atomic mass is 9.93. The summed E-state index contributed by atoms with van der Waals surface area (Å²) in [4.78, 5) is 16.3. The highest BCUT2D eigenvalue weighted by Crippen LogP contribution is 2.24. The van der Waals surface area contributed by atoms with E-state index in [4.69, 9.17) is 0 Å². The number of amides is 2. The van der Waals surface area contributed by atoms with Crippen molar-refractivity contribution >= 4 is 34.4 Å². The van der Waals surface area contributed by atoms with Crippen molar-refractivity contribution in [3.63, 3.8) is 0 Å². The summed E-state index contributed by atoms with van der Waals surface area (Å²) in [7, 11) is 0. The van der Waals surface area contributed by atoms with Gasteiger partial charge in [-0.15, -0.1) is 22.7 Å². The highest BCUT2D eigenvalue weighted by atomic mass is 32.1. The molecule has 0 aliphatic rings. The van der Waals surface area contributed by atoms with Crippen molar-refractivity contribution in [2.75, 3.05) is 5.32 Å².